The molecule has 0 radical (unpaired) electrons. The summed E-state index contributed by atoms with van der Waals surface area (Å²) in [5.41, 5.74) is 5.44. The Kier molecular flexibility index (Phi) is 4.20. The lowest BCUT2D eigenvalue weighted by molar-refractivity contribution is -0.131. The molecule has 0 bridgehead atoms. The van der Waals surface area contributed by atoms with Crippen LogP contribution in [0.2, 0.25) is 0 Å². The molecule has 3 N–H and O–H groups in total. The minimum atomic E-state index is -0.576. The maximum absolute atomic E-state index is 12.2. The van der Waals surface area contributed by atoms with Gasteiger partial charge in [0.25, 0.3) is 0 Å². The fourth-order valence-electron chi connectivity index (χ4n) is 1.64. The van der Waals surface area contributed by atoms with E-state index in [0.29, 0.717) is 25.7 Å². The maximum Gasteiger partial charge on any atom is 0.229 e. The number of carbonyl (C=O) groups is 1. The van der Waals surface area contributed by atoms with Gasteiger partial charge >= 0.3 is 0 Å². The minimum Gasteiger partial charge on any atom is -0.379 e. The molecule has 17 heavy (non-hydrogen) atoms. The molecule has 0 saturated carbocycles. The van der Waals surface area contributed by atoms with Crippen LogP contribution in [0.3, 0.4) is 0 Å². The summed E-state index contributed by atoms with van der Waals surface area (Å²) >= 11 is 0. The Morgan fingerprint density at radius 3 is 2.59 bits per heavy atom. The maximum atomic E-state index is 12.2. The van der Waals surface area contributed by atoms with Gasteiger partial charge in [-0.15, -0.1) is 0 Å². The molecule has 4 nitrogen and oxygen atoms in total. The van der Waals surface area contributed by atoms with E-state index in [9.17, 15) is 4.79 Å². The molecular formula is C13H26N2O2. The van der Waals surface area contributed by atoms with Crippen molar-refractivity contribution >= 4 is 5.91 Å². The summed E-state index contributed by atoms with van der Waals surface area (Å²) < 4.78 is 5.29. The standard InChI is InChI=1S/C13H26N2O2/c1-9(2)12(3,4)7-15-11(16)13(5)8-17-6-10(13)14/h9-10H,6-8,14H2,1-5H3,(H,15,16). The van der Waals surface area contributed by atoms with Crippen molar-refractivity contribution in [3.8, 4) is 0 Å². The third-order valence-corrected chi connectivity index (χ3v) is 4.30. The summed E-state index contributed by atoms with van der Waals surface area (Å²) in [6.07, 6.45) is 0. The number of carbonyl (C=O) groups excluding carboxylic acids is 1. The van der Waals surface area contributed by atoms with Crippen molar-refractivity contribution in [2.45, 2.75) is 40.7 Å². The molecule has 2 unspecified atom stereocenters. The second-order valence-corrected chi connectivity index (χ2v) is 6.37. The number of hydrogen-bond acceptors (Lipinski definition) is 3. The molecule has 1 saturated heterocycles. The summed E-state index contributed by atoms with van der Waals surface area (Å²) in [7, 11) is 0. The number of amides is 1. The van der Waals surface area contributed by atoms with E-state index in [1.807, 2.05) is 6.92 Å². The van der Waals surface area contributed by atoms with E-state index in [2.05, 4.69) is 33.0 Å². The van der Waals surface area contributed by atoms with Gasteiger partial charge in [-0.3, -0.25) is 4.79 Å². The topological polar surface area (TPSA) is 64.3 Å². The molecule has 4 heteroatoms. The molecule has 0 aromatic rings. The zero-order valence-corrected chi connectivity index (χ0v) is 11.7. The van der Waals surface area contributed by atoms with Crippen molar-refractivity contribution in [2.24, 2.45) is 22.5 Å². The Morgan fingerprint density at radius 2 is 2.18 bits per heavy atom. The van der Waals surface area contributed by atoms with E-state index >= 15 is 0 Å². The number of nitrogens with one attached hydrogen (secondary N) is 1. The first-order valence-corrected chi connectivity index (χ1v) is 6.32. The average molecular weight is 242 g/mol. The largest absolute Gasteiger partial charge is 0.379 e. The van der Waals surface area contributed by atoms with Crippen LogP contribution in [0.15, 0.2) is 0 Å². The van der Waals surface area contributed by atoms with Crippen LogP contribution in [0.25, 0.3) is 0 Å². The summed E-state index contributed by atoms with van der Waals surface area (Å²) in [4.78, 5) is 12.2. The molecule has 2 atom stereocenters. The van der Waals surface area contributed by atoms with Gasteiger partial charge in [0.05, 0.1) is 18.6 Å². The Hall–Kier alpha value is -0.610. The monoisotopic (exact) mass is 242 g/mol. The fraction of sp³-hybridized carbons (Fsp3) is 0.923. The van der Waals surface area contributed by atoms with Gasteiger partial charge in [0.15, 0.2) is 0 Å². The van der Waals surface area contributed by atoms with E-state index in [-0.39, 0.29) is 17.4 Å². The molecule has 100 valence electrons. The molecular weight excluding hydrogens is 216 g/mol. The third-order valence-electron chi connectivity index (χ3n) is 4.30. The van der Waals surface area contributed by atoms with E-state index in [4.69, 9.17) is 10.5 Å². The zero-order chi connectivity index (χ0) is 13.3. The highest BCUT2D eigenvalue weighted by Crippen LogP contribution is 2.29. The first-order valence-electron chi connectivity index (χ1n) is 6.32. The molecule has 0 aliphatic carbocycles. The molecule has 0 spiro atoms. The predicted octanol–water partition coefficient (Wildman–Crippen LogP) is 1.15. The van der Waals surface area contributed by atoms with Gasteiger partial charge < -0.3 is 15.8 Å². The van der Waals surface area contributed by atoms with Crippen molar-refractivity contribution in [3.63, 3.8) is 0 Å². The third kappa shape index (κ3) is 2.99. The van der Waals surface area contributed by atoms with Gasteiger partial charge in [-0.1, -0.05) is 27.7 Å². The van der Waals surface area contributed by atoms with Crippen LogP contribution < -0.4 is 11.1 Å². The highest BCUT2D eigenvalue weighted by atomic mass is 16.5. The summed E-state index contributed by atoms with van der Waals surface area (Å²) in [5, 5.41) is 3.02. The molecule has 1 fully saturated rings. The molecule has 1 aliphatic rings. The summed E-state index contributed by atoms with van der Waals surface area (Å²) in [6, 6.07) is -0.204. The van der Waals surface area contributed by atoms with Gasteiger partial charge in [0.2, 0.25) is 5.91 Å². The Morgan fingerprint density at radius 1 is 1.59 bits per heavy atom. The van der Waals surface area contributed by atoms with Crippen LogP contribution in [-0.2, 0) is 9.53 Å². The van der Waals surface area contributed by atoms with Crippen LogP contribution in [-0.4, -0.2) is 31.7 Å². The average Bonchev–Trinajstić information content (AvgIpc) is 2.57. The van der Waals surface area contributed by atoms with Crippen LogP contribution in [0.4, 0.5) is 0 Å². The van der Waals surface area contributed by atoms with Crippen molar-refractivity contribution in [3.05, 3.63) is 0 Å². The lowest BCUT2D eigenvalue weighted by atomic mass is 9.80. The summed E-state index contributed by atoms with van der Waals surface area (Å²) in [6.45, 7) is 12.1. The molecule has 0 aromatic carbocycles. The quantitative estimate of drug-likeness (QED) is 0.777. The molecule has 1 heterocycles. The van der Waals surface area contributed by atoms with Gasteiger partial charge in [0.1, 0.15) is 0 Å². The van der Waals surface area contributed by atoms with Gasteiger partial charge in [-0.05, 0) is 18.3 Å². The first-order chi connectivity index (χ1) is 7.70. The minimum absolute atomic E-state index is 0.0104. The Balaban J connectivity index is 2.56. The van der Waals surface area contributed by atoms with Crippen LogP contribution in [0.5, 0.6) is 0 Å². The number of rotatable bonds is 4. The molecule has 1 amide bonds. The molecule has 0 aromatic heterocycles. The molecule has 1 aliphatic heterocycles. The Labute approximate surface area is 104 Å². The molecule has 1 rings (SSSR count). The SMILES string of the molecule is CC(C)C(C)(C)CNC(=O)C1(C)COCC1N. The van der Waals surface area contributed by atoms with Crippen molar-refractivity contribution in [1.82, 2.24) is 5.32 Å². The lowest BCUT2D eigenvalue weighted by Gasteiger charge is -2.32. The highest BCUT2D eigenvalue weighted by molar-refractivity contribution is 5.83. The van der Waals surface area contributed by atoms with Gasteiger partial charge in [0, 0.05) is 12.6 Å². The predicted molar refractivity (Wildman–Crippen MR) is 68.5 cm³/mol. The van der Waals surface area contributed by atoms with Crippen LogP contribution >= 0.6 is 0 Å². The second-order valence-electron chi connectivity index (χ2n) is 6.37. The normalized spacial score (nSPS) is 29.7. The van der Waals surface area contributed by atoms with Gasteiger partial charge in [-0.2, -0.15) is 0 Å². The van der Waals surface area contributed by atoms with Crippen molar-refractivity contribution in [2.75, 3.05) is 19.8 Å². The second kappa shape index (κ2) is 4.94. The summed E-state index contributed by atoms with van der Waals surface area (Å²) in [5.74, 6) is 0.528. The van der Waals surface area contributed by atoms with Gasteiger partial charge in [-0.25, -0.2) is 0 Å². The lowest BCUT2D eigenvalue weighted by Crippen LogP contribution is -2.51. The Bertz CT molecular complexity index is 289. The number of ether oxygens (including phenoxy) is 1. The zero-order valence-electron chi connectivity index (χ0n) is 11.7. The smallest absolute Gasteiger partial charge is 0.229 e. The fourth-order valence-corrected chi connectivity index (χ4v) is 1.64. The number of nitrogens with two attached hydrogens (primary N) is 1. The highest BCUT2D eigenvalue weighted by Gasteiger charge is 2.44. The van der Waals surface area contributed by atoms with E-state index < -0.39 is 5.41 Å². The van der Waals surface area contributed by atoms with Crippen molar-refractivity contribution in [1.29, 1.82) is 0 Å². The van der Waals surface area contributed by atoms with E-state index in [0.717, 1.165) is 0 Å². The van der Waals surface area contributed by atoms with Crippen LogP contribution in [0, 0.1) is 16.7 Å². The first kappa shape index (κ1) is 14.5. The van der Waals surface area contributed by atoms with Crippen LogP contribution in [0.1, 0.15) is 34.6 Å². The van der Waals surface area contributed by atoms with E-state index in [1.165, 1.54) is 0 Å². The number of hydrogen-bond donors (Lipinski definition) is 2. The van der Waals surface area contributed by atoms with Crippen molar-refractivity contribution < 1.29 is 9.53 Å². The van der Waals surface area contributed by atoms with E-state index in [1.54, 1.807) is 0 Å².